The van der Waals surface area contributed by atoms with Gasteiger partial charge in [0.15, 0.2) is 0 Å². The van der Waals surface area contributed by atoms with Crippen LogP contribution in [0.1, 0.15) is 44.2 Å². The Labute approximate surface area is 160 Å². The molecule has 0 aliphatic carbocycles. The van der Waals surface area contributed by atoms with Gasteiger partial charge in [0.25, 0.3) is 0 Å². The third kappa shape index (κ3) is 4.70. The minimum atomic E-state index is -0.0102. The van der Waals surface area contributed by atoms with Gasteiger partial charge in [-0.05, 0) is 42.2 Å². The first-order chi connectivity index (χ1) is 13.1. The quantitative estimate of drug-likeness (QED) is 0.600. The van der Waals surface area contributed by atoms with Gasteiger partial charge in [-0.3, -0.25) is 4.79 Å². The normalized spacial score (nSPS) is 12.3. The Morgan fingerprint density at radius 2 is 1.85 bits per heavy atom. The van der Waals surface area contributed by atoms with E-state index in [1.807, 2.05) is 37.4 Å². The first-order valence-corrected chi connectivity index (χ1v) is 9.64. The van der Waals surface area contributed by atoms with Crippen molar-refractivity contribution in [3.8, 4) is 5.75 Å². The van der Waals surface area contributed by atoms with Crippen LogP contribution in [0.5, 0.6) is 5.75 Å². The SMILES string of the molecule is CCOc1ccc([C@@H](CC(=O)NCC(C)C)c2c[nH]c3ccccc23)cc1. The van der Waals surface area contributed by atoms with Crippen LogP contribution in [0.3, 0.4) is 0 Å². The molecule has 1 atom stereocenters. The average molecular weight is 364 g/mol. The second-order valence-electron chi connectivity index (χ2n) is 7.25. The topological polar surface area (TPSA) is 54.1 Å². The van der Waals surface area contributed by atoms with E-state index < -0.39 is 0 Å². The summed E-state index contributed by atoms with van der Waals surface area (Å²) in [7, 11) is 0. The number of amides is 1. The molecule has 4 nitrogen and oxygen atoms in total. The van der Waals surface area contributed by atoms with E-state index in [2.05, 4.69) is 48.4 Å². The molecule has 0 spiro atoms. The first kappa shape index (κ1) is 19.0. The highest BCUT2D eigenvalue weighted by molar-refractivity contribution is 5.86. The van der Waals surface area contributed by atoms with Gasteiger partial charge in [-0.1, -0.05) is 44.2 Å². The molecule has 3 aromatic rings. The van der Waals surface area contributed by atoms with Crippen molar-refractivity contribution in [2.24, 2.45) is 5.92 Å². The number of carbonyl (C=O) groups excluding carboxylic acids is 1. The maximum Gasteiger partial charge on any atom is 0.220 e. The molecule has 1 heterocycles. The fraction of sp³-hybridized carbons (Fsp3) is 0.348. The summed E-state index contributed by atoms with van der Waals surface area (Å²) in [5, 5.41) is 4.21. The van der Waals surface area contributed by atoms with E-state index in [0.717, 1.165) is 27.8 Å². The van der Waals surface area contributed by atoms with Crippen LogP contribution in [0.25, 0.3) is 10.9 Å². The van der Waals surface area contributed by atoms with Crippen molar-refractivity contribution in [1.29, 1.82) is 0 Å². The number of aromatic nitrogens is 1. The van der Waals surface area contributed by atoms with E-state index >= 15 is 0 Å². The van der Waals surface area contributed by atoms with Gasteiger partial charge in [-0.15, -0.1) is 0 Å². The lowest BCUT2D eigenvalue weighted by Gasteiger charge is -2.18. The molecule has 0 saturated carbocycles. The van der Waals surface area contributed by atoms with Crippen molar-refractivity contribution < 1.29 is 9.53 Å². The monoisotopic (exact) mass is 364 g/mol. The number of rotatable bonds is 8. The van der Waals surface area contributed by atoms with Crippen LogP contribution in [0, 0.1) is 5.92 Å². The van der Waals surface area contributed by atoms with Crippen LogP contribution in [0.15, 0.2) is 54.7 Å². The largest absolute Gasteiger partial charge is 0.494 e. The number of hydrogen-bond donors (Lipinski definition) is 2. The summed E-state index contributed by atoms with van der Waals surface area (Å²) in [6.45, 7) is 7.51. The van der Waals surface area contributed by atoms with Gasteiger partial charge >= 0.3 is 0 Å². The highest BCUT2D eigenvalue weighted by atomic mass is 16.5. The summed E-state index contributed by atoms with van der Waals surface area (Å²) >= 11 is 0. The highest BCUT2D eigenvalue weighted by Crippen LogP contribution is 2.34. The number of ether oxygens (including phenoxy) is 1. The van der Waals surface area contributed by atoms with Crippen LogP contribution in [0.4, 0.5) is 0 Å². The van der Waals surface area contributed by atoms with Crippen molar-refractivity contribution >= 4 is 16.8 Å². The van der Waals surface area contributed by atoms with Gasteiger partial charge in [0.05, 0.1) is 6.61 Å². The molecule has 0 radical (unpaired) electrons. The molecule has 4 heteroatoms. The zero-order chi connectivity index (χ0) is 19.2. The smallest absolute Gasteiger partial charge is 0.220 e. The zero-order valence-corrected chi connectivity index (χ0v) is 16.3. The standard InChI is InChI=1S/C23H28N2O2/c1-4-27-18-11-9-17(10-12-18)20(13-23(26)25-14-16(2)3)21-15-24-22-8-6-5-7-19(21)22/h5-12,15-16,20,24H,4,13-14H2,1-3H3,(H,25,26)/t20-/m1/s1. The van der Waals surface area contributed by atoms with E-state index in [-0.39, 0.29) is 11.8 Å². The van der Waals surface area contributed by atoms with Crippen LogP contribution in [-0.4, -0.2) is 24.0 Å². The van der Waals surface area contributed by atoms with Crippen molar-refractivity contribution in [3.63, 3.8) is 0 Å². The lowest BCUT2D eigenvalue weighted by Crippen LogP contribution is -2.28. The number of para-hydroxylation sites is 1. The summed E-state index contributed by atoms with van der Waals surface area (Å²) in [6.07, 6.45) is 2.45. The van der Waals surface area contributed by atoms with Crippen molar-refractivity contribution in [2.45, 2.75) is 33.1 Å². The molecule has 1 amide bonds. The van der Waals surface area contributed by atoms with Crippen molar-refractivity contribution in [2.75, 3.05) is 13.2 Å². The predicted octanol–water partition coefficient (Wildman–Crippen LogP) is 4.86. The molecule has 1 aromatic heterocycles. The lowest BCUT2D eigenvalue weighted by atomic mass is 9.88. The molecule has 27 heavy (non-hydrogen) atoms. The molecule has 0 fully saturated rings. The summed E-state index contributed by atoms with van der Waals surface area (Å²) in [5.74, 6) is 1.35. The predicted molar refractivity (Wildman–Crippen MR) is 110 cm³/mol. The summed E-state index contributed by atoms with van der Waals surface area (Å²) in [4.78, 5) is 15.9. The van der Waals surface area contributed by atoms with Gasteiger partial charge < -0.3 is 15.0 Å². The Morgan fingerprint density at radius 1 is 1.11 bits per heavy atom. The molecular formula is C23H28N2O2. The number of aromatic amines is 1. The van der Waals surface area contributed by atoms with Gasteiger partial charge in [-0.25, -0.2) is 0 Å². The zero-order valence-electron chi connectivity index (χ0n) is 16.3. The fourth-order valence-electron chi connectivity index (χ4n) is 3.33. The van der Waals surface area contributed by atoms with Crippen LogP contribution in [-0.2, 0) is 4.79 Å². The second-order valence-corrected chi connectivity index (χ2v) is 7.25. The Balaban J connectivity index is 1.92. The molecule has 0 aliphatic rings. The van der Waals surface area contributed by atoms with Crippen molar-refractivity contribution in [1.82, 2.24) is 10.3 Å². The molecule has 2 aromatic carbocycles. The van der Waals surface area contributed by atoms with Gasteiger partial charge in [0.1, 0.15) is 5.75 Å². The molecule has 2 N–H and O–H groups in total. The number of hydrogen-bond acceptors (Lipinski definition) is 2. The molecule has 0 aliphatic heterocycles. The maximum atomic E-state index is 12.6. The lowest BCUT2D eigenvalue weighted by molar-refractivity contribution is -0.121. The number of fused-ring (bicyclic) bond motifs is 1. The van der Waals surface area contributed by atoms with Crippen LogP contribution >= 0.6 is 0 Å². The minimum Gasteiger partial charge on any atom is -0.494 e. The third-order valence-corrected chi connectivity index (χ3v) is 4.69. The highest BCUT2D eigenvalue weighted by Gasteiger charge is 2.21. The van der Waals surface area contributed by atoms with Gasteiger partial charge in [0.2, 0.25) is 5.91 Å². The Hall–Kier alpha value is -2.75. The number of H-pyrrole nitrogens is 1. The first-order valence-electron chi connectivity index (χ1n) is 9.64. The summed E-state index contributed by atoms with van der Waals surface area (Å²) < 4.78 is 5.56. The number of nitrogens with one attached hydrogen (secondary N) is 2. The fourth-order valence-corrected chi connectivity index (χ4v) is 3.33. The van der Waals surface area contributed by atoms with E-state index in [1.165, 1.54) is 0 Å². The Morgan fingerprint density at radius 3 is 2.56 bits per heavy atom. The van der Waals surface area contributed by atoms with Crippen LogP contribution in [0.2, 0.25) is 0 Å². The van der Waals surface area contributed by atoms with E-state index in [4.69, 9.17) is 4.74 Å². The van der Waals surface area contributed by atoms with Crippen molar-refractivity contribution in [3.05, 3.63) is 65.9 Å². The molecule has 3 rings (SSSR count). The molecule has 142 valence electrons. The summed E-state index contributed by atoms with van der Waals surface area (Å²) in [6, 6.07) is 16.3. The van der Waals surface area contributed by atoms with Gasteiger partial charge in [0, 0.05) is 36.0 Å². The van der Waals surface area contributed by atoms with E-state index in [1.54, 1.807) is 0 Å². The average Bonchev–Trinajstić information content (AvgIpc) is 3.09. The molecule has 0 bridgehead atoms. The third-order valence-electron chi connectivity index (χ3n) is 4.69. The molecule has 0 saturated heterocycles. The molecule has 0 unspecified atom stereocenters. The molecular weight excluding hydrogens is 336 g/mol. The van der Waals surface area contributed by atoms with E-state index in [0.29, 0.717) is 25.5 Å². The Bertz CT molecular complexity index is 881. The van der Waals surface area contributed by atoms with E-state index in [9.17, 15) is 4.79 Å². The van der Waals surface area contributed by atoms with Gasteiger partial charge in [-0.2, -0.15) is 0 Å². The van der Waals surface area contributed by atoms with Crippen LogP contribution < -0.4 is 10.1 Å². The minimum absolute atomic E-state index is 0.0102. The Kier molecular flexibility index (Phi) is 6.17. The second kappa shape index (κ2) is 8.76. The maximum absolute atomic E-state index is 12.6. The summed E-state index contributed by atoms with van der Waals surface area (Å²) in [5.41, 5.74) is 3.35. The number of carbonyl (C=O) groups is 1. The number of benzene rings is 2.